The quantitative estimate of drug-likeness (QED) is 0.635. The zero-order valence-corrected chi connectivity index (χ0v) is 11.4. The molecule has 0 radical (unpaired) electrons. The lowest BCUT2D eigenvalue weighted by Crippen LogP contribution is -2.45. The van der Waals surface area contributed by atoms with Crippen LogP contribution in [0.1, 0.15) is 45.4 Å². The second kappa shape index (κ2) is 6.68. The van der Waals surface area contributed by atoms with E-state index < -0.39 is 10.2 Å². The molecule has 6 heteroatoms. The number of rotatable bonds is 7. The highest BCUT2D eigenvalue weighted by atomic mass is 32.2. The van der Waals surface area contributed by atoms with Crippen LogP contribution in [0.2, 0.25) is 0 Å². The van der Waals surface area contributed by atoms with E-state index in [-0.39, 0.29) is 12.0 Å². The standard InChI is InChI=1S/C11H24N2O3S/c1-2-8-12-17(15,16)13-9-11(10-14)6-4-3-5-7-11/h12-14H,2-10H2,1H3. The fraction of sp³-hybridized carbons (Fsp3) is 1.00. The molecule has 0 aromatic carbocycles. The van der Waals surface area contributed by atoms with Gasteiger partial charge in [-0.2, -0.15) is 8.42 Å². The van der Waals surface area contributed by atoms with E-state index in [0.29, 0.717) is 13.1 Å². The molecule has 0 aromatic heterocycles. The monoisotopic (exact) mass is 264 g/mol. The average Bonchev–Trinajstić information content (AvgIpc) is 2.35. The maximum Gasteiger partial charge on any atom is 0.276 e. The van der Waals surface area contributed by atoms with Gasteiger partial charge in [-0.15, -0.1) is 0 Å². The van der Waals surface area contributed by atoms with Crippen molar-refractivity contribution in [2.45, 2.75) is 45.4 Å². The number of aliphatic hydroxyl groups is 1. The van der Waals surface area contributed by atoms with Crippen molar-refractivity contribution in [3.63, 3.8) is 0 Å². The molecule has 3 N–H and O–H groups in total. The van der Waals surface area contributed by atoms with E-state index in [1.54, 1.807) is 0 Å². The van der Waals surface area contributed by atoms with Gasteiger partial charge >= 0.3 is 0 Å². The Morgan fingerprint density at radius 3 is 2.35 bits per heavy atom. The van der Waals surface area contributed by atoms with E-state index >= 15 is 0 Å². The second-order valence-corrected chi connectivity index (χ2v) is 6.52. The Morgan fingerprint density at radius 1 is 1.18 bits per heavy atom. The molecule has 1 rings (SSSR count). The van der Waals surface area contributed by atoms with E-state index in [1.807, 2.05) is 6.92 Å². The van der Waals surface area contributed by atoms with E-state index in [4.69, 9.17) is 0 Å². The first-order valence-electron chi connectivity index (χ1n) is 6.39. The highest BCUT2D eigenvalue weighted by molar-refractivity contribution is 7.87. The van der Waals surface area contributed by atoms with Crippen molar-refractivity contribution < 1.29 is 13.5 Å². The normalized spacial score (nSPS) is 20.4. The molecule has 1 fully saturated rings. The first-order chi connectivity index (χ1) is 8.04. The summed E-state index contributed by atoms with van der Waals surface area (Å²) in [5.41, 5.74) is -0.251. The zero-order valence-electron chi connectivity index (χ0n) is 10.5. The van der Waals surface area contributed by atoms with Gasteiger partial charge in [-0.05, 0) is 19.3 Å². The van der Waals surface area contributed by atoms with Gasteiger partial charge in [0.15, 0.2) is 0 Å². The molecule has 0 aliphatic heterocycles. The summed E-state index contributed by atoms with van der Waals surface area (Å²) < 4.78 is 28.2. The summed E-state index contributed by atoms with van der Waals surface area (Å²) in [5.74, 6) is 0. The molecule has 102 valence electrons. The average molecular weight is 264 g/mol. The number of hydrogen-bond acceptors (Lipinski definition) is 3. The minimum absolute atomic E-state index is 0.0588. The highest BCUT2D eigenvalue weighted by Gasteiger charge is 2.32. The van der Waals surface area contributed by atoms with Crippen molar-refractivity contribution in [2.24, 2.45) is 5.41 Å². The van der Waals surface area contributed by atoms with Gasteiger partial charge in [0, 0.05) is 25.1 Å². The van der Waals surface area contributed by atoms with Crippen molar-refractivity contribution in [2.75, 3.05) is 19.7 Å². The van der Waals surface area contributed by atoms with Crippen molar-refractivity contribution in [3.05, 3.63) is 0 Å². The lowest BCUT2D eigenvalue weighted by molar-refractivity contribution is 0.0866. The Hall–Kier alpha value is -0.170. The van der Waals surface area contributed by atoms with Crippen molar-refractivity contribution >= 4 is 10.2 Å². The lowest BCUT2D eigenvalue weighted by atomic mass is 9.75. The van der Waals surface area contributed by atoms with E-state index in [9.17, 15) is 13.5 Å². The molecule has 0 unspecified atom stereocenters. The Balaban J connectivity index is 2.46. The fourth-order valence-electron chi connectivity index (χ4n) is 2.23. The molecule has 0 bridgehead atoms. The number of hydrogen-bond donors (Lipinski definition) is 3. The summed E-state index contributed by atoms with van der Waals surface area (Å²) in [4.78, 5) is 0. The molecule has 1 aliphatic carbocycles. The van der Waals surface area contributed by atoms with Gasteiger partial charge in [-0.1, -0.05) is 26.2 Å². The van der Waals surface area contributed by atoms with E-state index in [0.717, 1.165) is 32.1 Å². The molecule has 5 nitrogen and oxygen atoms in total. The van der Waals surface area contributed by atoms with Crippen LogP contribution < -0.4 is 9.44 Å². The number of nitrogens with one attached hydrogen (secondary N) is 2. The highest BCUT2D eigenvalue weighted by Crippen LogP contribution is 2.35. The largest absolute Gasteiger partial charge is 0.396 e. The van der Waals surface area contributed by atoms with Crippen LogP contribution >= 0.6 is 0 Å². The first kappa shape index (κ1) is 14.9. The predicted molar refractivity (Wildman–Crippen MR) is 67.8 cm³/mol. The van der Waals surface area contributed by atoms with Gasteiger partial charge in [0.1, 0.15) is 0 Å². The van der Waals surface area contributed by atoms with Crippen LogP contribution in [-0.4, -0.2) is 33.2 Å². The molecule has 0 spiro atoms. The summed E-state index contributed by atoms with van der Waals surface area (Å²) in [6.45, 7) is 2.76. The van der Waals surface area contributed by atoms with Crippen LogP contribution in [0, 0.1) is 5.41 Å². The van der Waals surface area contributed by atoms with Crippen molar-refractivity contribution in [3.8, 4) is 0 Å². The molecule has 17 heavy (non-hydrogen) atoms. The lowest BCUT2D eigenvalue weighted by Gasteiger charge is -2.35. The summed E-state index contributed by atoms with van der Waals surface area (Å²) >= 11 is 0. The van der Waals surface area contributed by atoms with Crippen LogP contribution in [0.5, 0.6) is 0 Å². The van der Waals surface area contributed by atoms with Gasteiger partial charge in [0.05, 0.1) is 0 Å². The second-order valence-electron chi connectivity index (χ2n) is 4.94. The molecular formula is C11H24N2O3S. The maximum absolute atomic E-state index is 11.6. The Labute approximate surface area is 104 Å². The topological polar surface area (TPSA) is 78.4 Å². The Kier molecular flexibility index (Phi) is 5.85. The van der Waals surface area contributed by atoms with Crippen LogP contribution in [-0.2, 0) is 10.2 Å². The molecular weight excluding hydrogens is 240 g/mol. The van der Waals surface area contributed by atoms with Crippen LogP contribution in [0.4, 0.5) is 0 Å². The third kappa shape index (κ3) is 4.91. The van der Waals surface area contributed by atoms with Gasteiger partial charge < -0.3 is 5.11 Å². The number of aliphatic hydroxyl groups excluding tert-OH is 1. The fourth-order valence-corrected chi connectivity index (χ4v) is 3.30. The molecule has 1 saturated carbocycles. The van der Waals surface area contributed by atoms with Crippen LogP contribution in [0.15, 0.2) is 0 Å². The van der Waals surface area contributed by atoms with Gasteiger partial charge in [-0.3, -0.25) is 0 Å². The minimum atomic E-state index is -3.40. The molecule has 1 aliphatic rings. The Bertz CT molecular complexity index is 311. The third-order valence-corrected chi connectivity index (χ3v) is 4.54. The van der Waals surface area contributed by atoms with Gasteiger partial charge in [-0.25, -0.2) is 9.44 Å². The van der Waals surface area contributed by atoms with E-state index in [1.165, 1.54) is 6.42 Å². The van der Waals surface area contributed by atoms with Gasteiger partial charge in [0.25, 0.3) is 10.2 Å². The van der Waals surface area contributed by atoms with Crippen molar-refractivity contribution in [1.82, 2.24) is 9.44 Å². The SMILES string of the molecule is CCCNS(=O)(=O)NCC1(CO)CCCCC1. The molecule has 0 amide bonds. The predicted octanol–water partition coefficient (Wildman–Crippen LogP) is 0.763. The first-order valence-corrected chi connectivity index (χ1v) is 7.87. The third-order valence-electron chi connectivity index (χ3n) is 3.43. The summed E-state index contributed by atoms with van der Waals surface area (Å²) in [6, 6.07) is 0. The summed E-state index contributed by atoms with van der Waals surface area (Å²) in [7, 11) is -3.40. The Morgan fingerprint density at radius 2 is 1.82 bits per heavy atom. The van der Waals surface area contributed by atoms with Crippen LogP contribution in [0.3, 0.4) is 0 Å². The minimum Gasteiger partial charge on any atom is -0.396 e. The van der Waals surface area contributed by atoms with Gasteiger partial charge in [0.2, 0.25) is 0 Å². The summed E-state index contributed by atoms with van der Waals surface area (Å²) in [6.07, 6.45) is 5.91. The smallest absolute Gasteiger partial charge is 0.276 e. The molecule has 0 aromatic rings. The van der Waals surface area contributed by atoms with Crippen LogP contribution in [0.25, 0.3) is 0 Å². The molecule has 0 heterocycles. The maximum atomic E-state index is 11.6. The summed E-state index contributed by atoms with van der Waals surface area (Å²) in [5, 5.41) is 9.46. The van der Waals surface area contributed by atoms with E-state index in [2.05, 4.69) is 9.44 Å². The zero-order chi connectivity index (χ0) is 12.8. The molecule has 0 atom stereocenters. The van der Waals surface area contributed by atoms with Crippen molar-refractivity contribution in [1.29, 1.82) is 0 Å². The molecule has 0 saturated heterocycles.